The minimum Gasteiger partial charge on any atom is -0.464 e. The van der Waals surface area contributed by atoms with Crippen molar-refractivity contribution in [1.82, 2.24) is 4.90 Å². The Kier molecular flexibility index (Phi) is 17.0. The average Bonchev–Trinajstić information content (AvgIpc) is 2.69. The summed E-state index contributed by atoms with van der Waals surface area (Å²) in [5, 5.41) is 0. The van der Waals surface area contributed by atoms with Crippen LogP contribution in [0.5, 0.6) is 0 Å². The molecule has 0 aromatic heterocycles. The number of nitrogens with zero attached hydrogens (tertiary/aromatic N) is 1. The maximum atomic E-state index is 11.7. The summed E-state index contributed by atoms with van der Waals surface area (Å²) in [6.45, 7) is 7.15. The van der Waals surface area contributed by atoms with Crippen molar-refractivity contribution in [2.45, 2.75) is 103 Å². The fourth-order valence-corrected chi connectivity index (χ4v) is 3.65. The highest BCUT2D eigenvalue weighted by atomic mass is 16.5. The minimum absolute atomic E-state index is 0.0257. The number of hydrogen-bond acceptors (Lipinski definition) is 4. The summed E-state index contributed by atoms with van der Waals surface area (Å²) in [5.74, 6) is -0.0257. The molecule has 0 amide bonds. The maximum absolute atomic E-state index is 11.7. The number of esters is 1. The molecule has 0 aromatic rings. The molecule has 0 spiro atoms. The minimum atomic E-state index is -0.0257. The lowest BCUT2D eigenvalue weighted by Gasteiger charge is -2.26. The number of carbonyl (C=O) groups excluding carboxylic acids is 1. The lowest BCUT2D eigenvalue weighted by atomic mass is 10.0. The summed E-state index contributed by atoms with van der Waals surface area (Å²) in [4.78, 5) is 14.0. The highest BCUT2D eigenvalue weighted by Crippen LogP contribution is 2.13. The van der Waals surface area contributed by atoms with Gasteiger partial charge >= 0.3 is 5.97 Å². The molecule has 1 fully saturated rings. The third-order valence-corrected chi connectivity index (χ3v) is 5.51. The summed E-state index contributed by atoms with van der Waals surface area (Å²) in [6, 6.07) is 0. The molecule has 0 bridgehead atoms. The lowest BCUT2D eigenvalue weighted by Crippen LogP contribution is -2.38. The molecule has 0 aliphatic carbocycles. The van der Waals surface area contributed by atoms with Crippen molar-refractivity contribution in [1.29, 1.82) is 0 Å². The quantitative estimate of drug-likeness (QED) is 0.224. The van der Waals surface area contributed by atoms with Crippen molar-refractivity contribution in [2.75, 3.05) is 39.5 Å². The highest BCUT2D eigenvalue weighted by Gasteiger charge is 2.10. The van der Waals surface area contributed by atoms with Crippen LogP contribution in [0.15, 0.2) is 0 Å². The van der Waals surface area contributed by atoms with Crippen LogP contribution in [0, 0.1) is 0 Å². The highest BCUT2D eigenvalue weighted by molar-refractivity contribution is 5.69. The molecule has 4 nitrogen and oxygen atoms in total. The monoisotopic (exact) mass is 383 g/mol. The van der Waals surface area contributed by atoms with E-state index in [0.717, 1.165) is 45.7 Å². The zero-order valence-electron chi connectivity index (χ0n) is 18.0. The Morgan fingerprint density at radius 1 is 0.778 bits per heavy atom. The molecular weight excluding hydrogens is 338 g/mol. The third-order valence-electron chi connectivity index (χ3n) is 5.51. The zero-order valence-corrected chi connectivity index (χ0v) is 18.0. The van der Waals surface area contributed by atoms with Crippen molar-refractivity contribution in [2.24, 2.45) is 0 Å². The molecule has 1 saturated heterocycles. The SMILES string of the molecule is CCCCCCCCCCCCCCCCC(=O)OCCN1CCOCC1. The molecule has 1 rings (SSSR count). The molecule has 0 unspecified atom stereocenters. The molecule has 0 radical (unpaired) electrons. The van der Waals surface area contributed by atoms with E-state index in [9.17, 15) is 4.79 Å². The Morgan fingerprint density at radius 2 is 1.26 bits per heavy atom. The zero-order chi connectivity index (χ0) is 19.4. The molecule has 4 heteroatoms. The van der Waals surface area contributed by atoms with Crippen molar-refractivity contribution >= 4 is 5.97 Å². The van der Waals surface area contributed by atoms with Gasteiger partial charge in [-0.05, 0) is 6.42 Å². The molecule has 160 valence electrons. The van der Waals surface area contributed by atoms with Crippen molar-refractivity contribution in [3.05, 3.63) is 0 Å². The first-order chi connectivity index (χ1) is 13.3. The number of hydrogen-bond donors (Lipinski definition) is 0. The van der Waals surface area contributed by atoms with Crippen LogP contribution >= 0.6 is 0 Å². The van der Waals surface area contributed by atoms with Gasteiger partial charge in [-0.2, -0.15) is 0 Å². The number of carbonyl (C=O) groups is 1. The van der Waals surface area contributed by atoms with Gasteiger partial charge in [0.15, 0.2) is 0 Å². The van der Waals surface area contributed by atoms with E-state index in [1.54, 1.807) is 0 Å². The van der Waals surface area contributed by atoms with Crippen molar-refractivity contribution < 1.29 is 14.3 Å². The number of morpholine rings is 1. The van der Waals surface area contributed by atoms with Gasteiger partial charge in [0.2, 0.25) is 0 Å². The Morgan fingerprint density at radius 3 is 1.78 bits per heavy atom. The summed E-state index contributed by atoms with van der Waals surface area (Å²) < 4.78 is 10.6. The first-order valence-corrected chi connectivity index (χ1v) is 11.8. The van der Waals surface area contributed by atoms with Crippen LogP contribution in [-0.4, -0.2) is 50.3 Å². The molecule has 0 aromatic carbocycles. The van der Waals surface area contributed by atoms with Crippen LogP contribution < -0.4 is 0 Å². The first kappa shape index (κ1) is 24.4. The van der Waals surface area contributed by atoms with Crippen LogP contribution in [-0.2, 0) is 14.3 Å². The Bertz CT molecular complexity index is 330. The smallest absolute Gasteiger partial charge is 0.305 e. The van der Waals surface area contributed by atoms with Crippen LogP contribution in [0.25, 0.3) is 0 Å². The number of ether oxygens (including phenoxy) is 2. The average molecular weight is 384 g/mol. The van der Waals surface area contributed by atoms with Gasteiger partial charge < -0.3 is 9.47 Å². The summed E-state index contributed by atoms with van der Waals surface area (Å²) in [6.07, 6.45) is 19.4. The van der Waals surface area contributed by atoms with Crippen LogP contribution in [0.1, 0.15) is 103 Å². The van der Waals surface area contributed by atoms with Gasteiger partial charge in [0.1, 0.15) is 6.61 Å². The van der Waals surface area contributed by atoms with Gasteiger partial charge in [-0.25, -0.2) is 0 Å². The topological polar surface area (TPSA) is 38.8 Å². The predicted molar refractivity (Wildman–Crippen MR) is 113 cm³/mol. The normalized spacial score (nSPS) is 15.1. The van der Waals surface area contributed by atoms with Gasteiger partial charge in [0, 0.05) is 26.1 Å². The summed E-state index contributed by atoms with van der Waals surface area (Å²) >= 11 is 0. The van der Waals surface area contributed by atoms with Gasteiger partial charge in [-0.1, -0.05) is 90.4 Å². The molecule has 1 aliphatic rings. The van der Waals surface area contributed by atoms with Crippen LogP contribution in [0.2, 0.25) is 0 Å². The van der Waals surface area contributed by atoms with E-state index in [1.807, 2.05) is 0 Å². The van der Waals surface area contributed by atoms with E-state index in [-0.39, 0.29) is 5.97 Å². The van der Waals surface area contributed by atoms with E-state index in [1.165, 1.54) is 77.0 Å². The fourth-order valence-electron chi connectivity index (χ4n) is 3.65. The van der Waals surface area contributed by atoms with E-state index in [0.29, 0.717) is 13.0 Å². The van der Waals surface area contributed by atoms with E-state index < -0.39 is 0 Å². The number of unbranched alkanes of at least 4 members (excludes halogenated alkanes) is 13. The third kappa shape index (κ3) is 16.1. The number of rotatable bonds is 18. The van der Waals surface area contributed by atoms with E-state index >= 15 is 0 Å². The Hall–Kier alpha value is -0.610. The Labute approximate surface area is 168 Å². The first-order valence-electron chi connectivity index (χ1n) is 11.8. The molecule has 1 heterocycles. The second kappa shape index (κ2) is 18.7. The largest absolute Gasteiger partial charge is 0.464 e. The molecule has 0 atom stereocenters. The second-order valence-corrected chi connectivity index (χ2v) is 8.02. The van der Waals surface area contributed by atoms with Gasteiger partial charge in [0.05, 0.1) is 13.2 Å². The molecule has 0 saturated carbocycles. The fraction of sp³-hybridized carbons (Fsp3) is 0.957. The Balaban J connectivity index is 1.73. The van der Waals surface area contributed by atoms with Gasteiger partial charge in [-0.3, -0.25) is 9.69 Å². The van der Waals surface area contributed by atoms with Gasteiger partial charge in [-0.15, -0.1) is 0 Å². The standard InChI is InChI=1S/C23H45NO3/c1-2-3-4-5-6-7-8-9-10-11-12-13-14-15-16-23(25)27-22-19-24-17-20-26-21-18-24/h2-22H2,1H3. The molecule has 27 heavy (non-hydrogen) atoms. The molecular formula is C23H45NO3. The van der Waals surface area contributed by atoms with Gasteiger partial charge in [0.25, 0.3) is 0 Å². The maximum Gasteiger partial charge on any atom is 0.305 e. The van der Waals surface area contributed by atoms with Crippen molar-refractivity contribution in [3.8, 4) is 0 Å². The lowest BCUT2D eigenvalue weighted by molar-refractivity contribution is -0.144. The summed E-state index contributed by atoms with van der Waals surface area (Å²) in [5.41, 5.74) is 0. The predicted octanol–water partition coefficient (Wildman–Crippen LogP) is 5.73. The van der Waals surface area contributed by atoms with Crippen molar-refractivity contribution in [3.63, 3.8) is 0 Å². The molecule has 0 N–H and O–H groups in total. The second-order valence-electron chi connectivity index (χ2n) is 8.02. The van der Waals surface area contributed by atoms with Crippen LogP contribution in [0.3, 0.4) is 0 Å². The van der Waals surface area contributed by atoms with Crippen LogP contribution in [0.4, 0.5) is 0 Å². The van der Waals surface area contributed by atoms with E-state index in [4.69, 9.17) is 9.47 Å². The van der Waals surface area contributed by atoms with E-state index in [2.05, 4.69) is 11.8 Å². The summed E-state index contributed by atoms with van der Waals surface area (Å²) in [7, 11) is 0. The molecule has 1 aliphatic heterocycles.